The lowest BCUT2D eigenvalue weighted by molar-refractivity contribution is -0.137. The third kappa shape index (κ3) is 9.89. The Balaban J connectivity index is 1.16. The topological polar surface area (TPSA) is 167 Å². The van der Waals surface area contributed by atoms with Crippen LogP contribution in [0.25, 0.3) is 11.3 Å². The van der Waals surface area contributed by atoms with Crippen LogP contribution in [0.3, 0.4) is 0 Å². The van der Waals surface area contributed by atoms with Crippen LogP contribution in [0.2, 0.25) is 0 Å². The zero-order valence-corrected chi connectivity index (χ0v) is 30.3. The van der Waals surface area contributed by atoms with Crippen LogP contribution in [-0.2, 0) is 25.6 Å². The average Bonchev–Trinajstić information content (AvgIpc) is 3.40. The summed E-state index contributed by atoms with van der Waals surface area (Å²) >= 11 is 0. The lowest BCUT2D eigenvalue weighted by Gasteiger charge is -2.37. The van der Waals surface area contributed by atoms with Gasteiger partial charge in [0, 0.05) is 62.6 Å². The smallest absolute Gasteiger partial charge is 0.407 e. The van der Waals surface area contributed by atoms with Gasteiger partial charge in [0.2, 0.25) is 0 Å². The molecule has 2 aliphatic heterocycles. The highest BCUT2D eigenvalue weighted by molar-refractivity contribution is 6.12. The molecule has 3 aromatic rings. The van der Waals surface area contributed by atoms with E-state index in [2.05, 4.69) is 16.0 Å². The number of halogens is 3. The third-order valence-electron chi connectivity index (χ3n) is 9.69. The molecule has 14 nitrogen and oxygen atoms in total. The minimum absolute atomic E-state index is 0.0741. The number of aromatic nitrogens is 2. The zero-order chi connectivity index (χ0) is 39.1. The number of benzene rings is 2. The van der Waals surface area contributed by atoms with E-state index >= 15 is 8.78 Å². The van der Waals surface area contributed by atoms with Crippen LogP contribution in [0.1, 0.15) is 37.2 Å². The Labute approximate surface area is 315 Å². The van der Waals surface area contributed by atoms with E-state index in [9.17, 15) is 28.7 Å². The molecule has 4 N–H and O–H groups in total. The first-order chi connectivity index (χ1) is 26.4. The van der Waals surface area contributed by atoms with E-state index in [1.165, 1.54) is 17.1 Å². The molecule has 3 aliphatic rings. The molecule has 0 unspecified atom stereocenters. The zero-order valence-electron chi connectivity index (χ0n) is 30.3. The molecule has 1 aliphatic carbocycles. The van der Waals surface area contributed by atoms with Crippen molar-refractivity contribution in [3.8, 4) is 11.3 Å². The average molecular weight is 768 g/mol. The molecule has 0 spiro atoms. The molecule has 1 saturated carbocycles. The molecular formula is C38H44F3N7O7. The first-order valence-electron chi connectivity index (χ1n) is 18.1. The lowest BCUT2D eigenvalue weighted by atomic mass is 10.0. The lowest BCUT2D eigenvalue weighted by Crippen LogP contribution is -2.53. The van der Waals surface area contributed by atoms with Gasteiger partial charge in [-0.25, -0.2) is 27.7 Å². The summed E-state index contributed by atoms with van der Waals surface area (Å²) < 4.78 is 56.9. The van der Waals surface area contributed by atoms with Crippen molar-refractivity contribution >= 4 is 23.9 Å². The highest BCUT2D eigenvalue weighted by Crippen LogP contribution is 2.49. The molecule has 0 radical (unpaired) electrons. The van der Waals surface area contributed by atoms with Gasteiger partial charge in [-0.3, -0.25) is 14.5 Å². The fraction of sp³-hybridized carbons (Fsp3) is 0.447. The van der Waals surface area contributed by atoms with Gasteiger partial charge in [-0.15, -0.1) is 0 Å². The summed E-state index contributed by atoms with van der Waals surface area (Å²) in [6, 6.07) is 9.80. The highest BCUT2D eigenvalue weighted by atomic mass is 19.1. The second-order valence-electron chi connectivity index (χ2n) is 14.0. The van der Waals surface area contributed by atoms with Crippen molar-refractivity contribution in [2.24, 2.45) is 5.92 Å². The van der Waals surface area contributed by atoms with E-state index in [0.717, 1.165) is 28.7 Å². The third-order valence-corrected chi connectivity index (χ3v) is 9.69. The summed E-state index contributed by atoms with van der Waals surface area (Å²) in [7, 11) is 0. The van der Waals surface area contributed by atoms with Crippen molar-refractivity contribution in [3.05, 3.63) is 89.9 Å². The van der Waals surface area contributed by atoms with Crippen molar-refractivity contribution in [3.63, 3.8) is 0 Å². The molecule has 5 amide bonds. The Bertz CT molecular complexity index is 1870. The number of imide groups is 1. The molecule has 2 aromatic carbocycles. The molecule has 0 bridgehead atoms. The molecular weight excluding hydrogens is 723 g/mol. The van der Waals surface area contributed by atoms with Crippen molar-refractivity contribution in [2.45, 2.75) is 50.2 Å². The summed E-state index contributed by atoms with van der Waals surface area (Å²) in [6.07, 6.45) is 2.47. The highest BCUT2D eigenvalue weighted by Gasteiger charge is 2.55. The van der Waals surface area contributed by atoms with Crippen LogP contribution in [0.4, 0.5) is 22.8 Å². The van der Waals surface area contributed by atoms with E-state index in [1.807, 2.05) is 30.3 Å². The predicted molar refractivity (Wildman–Crippen MR) is 192 cm³/mol. The van der Waals surface area contributed by atoms with Crippen molar-refractivity contribution in [2.75, 3.05) is 52.5 Å². The normalized spacial score (nSPS) is 19.7. The number of imidazole rings is 1. The van der Waals surface area contributed by atoms with Crippen molar-refractivity contribution in [1.82, 2.24) is 35.3 Å². The van der Waals surface area contributed by atoms with Gasteiger partial charge in [-0.05, 0) is 43.5 Å². The maximum absolute atomic E-state index is 15.1. The quantitative estimate of drug-likeness (QED) is 0.119. The monoisotopic (exact) mass is 767 g/mol. The van der Waals surface area contributed by atoms with Crippen LogP contribution in [-0.4, -0.2) is 119 Å². The molecule has 294 valence electrons. The number of rotatable bonds is 17. The van der Waals surface area contributed by atoms with E-state index in [-0.39, 0.29) is 76.2 Å². The molecule has 4 atom stereocenters. The maximum Gasteiger partial charge on any atom is 0.407 e. The maximum atomic E-state index is 15.1. The van der Waals surface area contributed by atoms with Gasteiger partial charge in [0.1, 0.15) is 36.3 Å². The van der Waals surface area contributed by atoms with E-state index in [0.29, 0.717) is 12.8 Å². The number of amides is 5. The van der Waals surface area contributed by atoms with E-state index in [1.54, 1.807) is 17.7 Å². The van der Waals surface area contributed by atoms with Crippen LogP contribution in [0, 0.1) is 17.6 Å². The van der Waals surface area contributed by atoms with Crippen LogP contribution < -0.4 is 16.0 Å². The summed E-state index contributed by atoms with van der Waals surface area (Å²) in [4.78, 5) is 57.0. The summed E-state index contributed by atoms with van der Waals surface area (Å²) in [5.41, 5.74) is -0.615. The fourth-order valence-corrected chi connectivity index (χ4v) is 6.61. The van der Waals surface area contributed by atoms with Gasteiger partial charge in [0.05, 0.1) is 37.1 Å². The molecule has 3 heterocycles. The second kappa shape index (κ2) is 17.5. The molecule has 55 heavy (non-hydrogen) atoms. The fourth-order valence-electron chi connectivity index (χ4n) is 6.61. The second-order valence-corrected chi connectivity index (χ2v) is 14.0. The van der Waals surface area contributed by atoms with Crippen LogP contribution in [0.15, 0.2) is 66.9 Å². The largest absolute Gasteiger partial charge is 0.447 e. The molecule has 1 saturated heterocycles. The molecule has 2 fully saturated rings. The number of nitrogens with zero attached hydrogens (tertiary/aromatic N) is 4. The van der Waals surface area contributed by atoms with Crippen molar-refractivity contribution < 1.29 is 46.9 Å². The summed E-state index contributed by atoms with van der Waals surface area (Å²) in [5.74, 6) is -2.62. The van der Waals surface area contributed by atoms with Crippen molar-refractivity contribution in [1.29, 1.82) is 0 Å². The van der Waals surface area contributed by atoms with Gasteiger partial charge in [-0.2, -0.15) is 0 Å². The summed E-state index contributed by atoms with van der Waals surface area (Å²) in [5, 5.41) is 20.2. The SMILES string of the molecule is C[C@@H](COC(=O)NCCOCCN1C(=O)C=CC1=O)NC(=O)N(C[C@@H]1CNC[C@@H]1F)[C@@H](c1nc(-c2cc(F)ccc2F)cn1Cc1ccccc1)C1(O)CC1. The standard InChI is InChI=1S/C38H44F3N7O7/c1-24(23-55-37(52)43-13-15-54-16-14-47-32(49)9-10-33(47)50)44-36(51)48(21-26-18-42-19-30(26)41)34(38(53)11-12-38)35-45-31(28-17-27(39)7-8-29(28)40)22-46(35)20-25-5-3-2-4-6-25/h2-10,17,22,24,26,30,34,42,53H,11-16,18-21,23H2,1H3,(H,43,52)(H,44,51)/t24-,26-,30-,34-/m0/s1. The Hall–Kier alpha value is -5.26. The molecule has 17 heteroatoms. The number of alkyl halides is 1. The first kappa shape index (κ1) is 39.4. The van der Waals surface area contributed by atoms with Gasteiger partial charge in [0.15, 0.2) is 0 Å². The number of carbonyl (C=O) groups excluding carboxylic acids is 4. The Kier molecular flexibility index (Phi) is 12.5. The first-order valence-corrected chi connectivity index (χ1v) is 18.1. The number of ether oxygens (including phenoxy) is 2. The number of hydrogen-bond acceptors (Lipinski definition) is 9. The summed E-state index contributed by atoms with van der Waals surface area (Å²) in [6.45, 7) is 2.18. The Morgan fingerprint density at radius 1 is 1.09 bits per heavy atom. The number of urea groups is 1. The van der Waals surface area contributed by atoms with Crippen LogP contribution >= 0.6 is 0 Å². The van der Waals surface area contributed by atoms with E-state index < -0.39 is 65.3 Å². The number of aliphatic hydroxyl groups is 1. The van der Waals surface area contributed by atoms with Gasteiger partial charge < -0.3 is 40.0 Å². The number of hydrogen-bond donors (Lipinski definition) is 4. The minimum atomic E-state index is -1.45. The molecule has 1 aromatic heterocycles. The Morgan fingerprint density at radius 3 is 2.53 bits per heavy atom. The molecule has 6 rings (SSSR count). The predicted octanol–water partition coefficient (Wildman–Crippen LogP) is 3.07. The number of alkyl carbamates (subject to hydrolysis) is 1. The van der Waals surface area contributed by atoms with Gasteiger partial charge in [-0.1, -0.05) is 30.3 Å². The minimum Gasteiger partial charge on any atom is -0.447 e. The van der Waals surface area contributed by atoms with Gasteiger partial charge >= 0.3 is 12.1 Å². The van der Waals surface area contributed by atoms with E-state index in [4.69, 9.17) is 14.5 Å². The van der Waals surface area contributed by atoms with Gasteiger partial charge in [0.25, 0.3) is 11.8 Å². The Morgan fingerprint density at radius 2 is 1.84 bits per heavy atom. The van der Waals surface area contributed by atoms with Crippen LogP contribution in [0.5, 0.6) is 0 Å². The number of carbonyl (C=O) groups is 4. The number of nitrogens with one attached hydrogen (secondary N) is 3.